The Morgan fingerprint density at radius 1 is 1.24 bits per heavy atom. The third-order valence-electron chi connectivity index (χ3n) is 5.51. The molecule has 0 bridgehead atoms. The third-order valence-corrected chi connectivity index (χ3v) is 8.10. The molecule has 0 aliphatic carbocycles. The number of morpholine rings is 1. The van der Waals surface area contributed by atoms with E-state index in [1.54, 1.807) is 12.1 Å². The zero-order chi connectivity index (χ0) is 21.2. The van der Waals surface area contributed by atoms with Crippen molar-refractivity contribution in [1.82, 2.24) is 14.5 Å². The van der Waals surface area contributed by atoms with Crippen LogP contribution in [0.15, 0.2) is 27.6 Å². The predicted molar refractivity (Wildman–Crippen MR) is 116 cm³/mol. The van der Waals surface area contributed by atoms with Crippen LogP contribution >= 0.6 is 15.9 Å². The zero-order valence-corrected chi connectivity index (χ0v) is 19.6. The fourth-order valence-electron chi connectivity index (χ4n) is 3.96. The molecule has 1 amide bonds. The van der Waals surface area contributed by atoms with Gasteiger partial charge in [-0.15, -0.1) is 0 Å². The number of carbonyl (C=O) groups is 1. The molecule has 3 unspecified atom stereocenters. The topological polar surface area (TPSA) is 79.0 Å². The first-order valence-corrected chi connectivity index (χ1v) is 12.4. The van der Waals surface area contributed by atoms with Gasteiger partial charge in [0.25, 0.3) is 5.91 Å². The minimum absolute atomic E-state index is 0.156. The second-order valence-electron chi connectivity index (χ2n) is 8.02. The van der Waals surface area contributed by atoms with Gasteiger partial charge in [-0.2, -0.15) is 4.31 Å². The van der Waals surface area contributed by atoms with E-state index < -0.39 is 10.0 Å². The van der Waals surface area contributed by atoms with Crippen molar-refractivity contribution in [3.63, 3.8) is 0 Å². The lowest BCUT2D eigenvalue weighted by Gasteiger charge is -2.39. The first-order valence-electron chi connectivity index (χ1n) is 10.2. The Bertz CT molecular complexity index is 832. The summed E-state index contributed by atoms with van der Waals surface area (Å²) in [5, 5.41) is 2.95. The van der Waals surface area contributed by atoms with Crippen LogP contribution < -0.4 is 5.32 Å². The summed E-state index contributed by atoms with van der Waals surface area (Å²) in [6, 6.07) is 4.81. The number of rotatable bonds is 6. The Morgan fingerprint density at radius 2 is 1.86 bits per heavy atom. The van der Waals surface area contributed by atoms with E-state index in [9.17, 15) is 13.2 Å². The minimum atomic E-state index is -3.56. The predicted octanol–water partition coefficient (Wildman–Crippen LogP) is 2.46. The fourth-order valence-corrected chi connectivity index (χ4v) is 5.93. The second-order valence-corrected chi connectivity index (χ2v) is 10.8. The molecule has 0 spiro atoms. The van der Waals surface area contributed by atoms with Crippen molar-refractivity contribution in [3.05, 3.63) is 28.2 Å². The van der Waals surface area contributed by atoms with Crippen molar-refractivity contribution in [2.24, 2.45) is 0 Å². The Labute approximate surface area is 182 Å². The number of ether oxygens (including phenoxy) is 1. The highest BCUT2D eigenvalue weighted by atomic mass is 79.9. The summed E-state index contributed by atoms with van der Waals surface area (Å²) in [7, 11) is -3.56. The Hall–Kier alpha value is -1.00. The smallest absolute Gasteiger partial charge is 0.252 e. The molecule has 7 nitrogen and oxygen atoms in total. The van der Waals surface area contributed by atoms with Crippen LogP contribution in [0.3, 0.4) is 0 Å². The van der Waals surface area contributed by atoms with E-state index in [0.29, 0.717) is 29.7 Å². The van der Waals surface area contributed by atoms with Crippen LogP contribution in [0.4, 0.5) is 0 Å². The Balaban J connectivity index is 1.67. The van der Waals surface area contributed by atoms with Gasteiger partial charge in [-0.25, -0.2) is 8.42 Å². The van der Waals surface area contributed by atoms with Gasteiger partial charge in [0.1, 0.15) is 0 Å². The molecule has 1 N–H and O–H groups in total. The number of halogens is 1. The summed E-state index contributed by atoms with van der Waals surface area (Å²) in [5.41, 5.74) is 0.334. The monoisotopic (exact) mass is 487 g/mol. The number of nitrogens with zero attached hydrogens (tertiary/aromatic N) is 2. The number of carbonyl (C=O) groups excluding carboxylic acids is 1. The first kappa shape index (κ1) is 22.7. The number of sulfonamides is 1. The van der Waals surface area contributed by atoms with E-state index in [1.165, 1.54) is 10.4 Å². The van der Waals surface area contributed by atoms with Crippen LogP contribution in [0.25, 0.3) is 0 Å². The standard InChI is InChI=1S/C20H30BrN3O4S/c1-14(23-12-15(2)28-16(3)13-23)11-22-20(25)18-10-17(6-7-19(18)21)29(26,27)24-8-4-5-9-24/h6-7,10,14-16H,4-5,8-9,11-13H2,1-3H3,(H,22,25). The van der Waals surface area contributed by atoms with E-state index in [1.807, 2.05) is 0 Å². The fraction of sp³-hybridized carbons (Fsp3) is 0.650. The van der Waals surface area contributed by atoms with Crippen molar-refractivity contribution in [1.29, 1.82) is 0 Å². The van der Waals surface area contributed by atoms with Crippen molar-refractivity contribution >= 4 is 31.9 Å². The molecule has 0 radical (unpaired) electrons. The molecule has 2 aliphatic heterocycles. The molecule has 3 atom stereocenters. The van der Waals surface area contributed by atoms with Gasteiger partial charge in [0.2, 0.25) is 10.0 Å². The largest absolute Gasteiger partial charge is 0.373 e. The molecular formula is C20H30BrN3O4S. The minimum Gasteiger partial charge on any atom is -0.373 e. The van der Waals surface area contributed by atoms with Crippen LogP contribution in [0.5, 0.6) is 0 Å². The average molecular weight is 488 g/mol. The Morgan fingerprint density at radius 3 is 2.48 bits per heavy atom. The summed E-state index contributed by atoms with van der Waals surface area (Å²) in [5.74, 6) is -0.281. The van der Waals surface area contributed by atoms with Crippen LogP contribution in [0.1, 0.15) is 44.0 Å². The molecule has 2 heterocycles. The van der Waals surface area contributed by atoms with Gasteiger partial charge in [0, 0.05) is 43.2 Å². The maximum atomic E-state index is 12.8. The van der Waals surface area contributed by atoms with E-state index in [2.05, 4.69) is 46.9 Å². The maximum Gasteiger partial charge on any atom is 0.252 e. The molecule has 2 fully saturated rings. The third kappa shape index (κ3) is 5.38. The quantitative estimate of drug-likeness (QED) is 0.666. The van der Waals surface area contributed by atoms with Crippen LogP contribution in [0.2, 0.25) is 0 Å². The molecule has 162 valence electrons. The van der Waals surface area contributed by atoms with E-state index in [4.69, 9.17) is 4.74 Å². The van der Waals surface area contributed by atoms with E-state index >= 15 is 0 Å². The number of hydrogen-bond acceptors (Lipinski definition) is 5. The molecule has 1 aromatic rings. The summed E-state index contributed by atoms with van der Waals surface area (Å²) < 4.78 is 33.5. The SMILES string of the molecule is CC1CN(C(C)CNC(=O)c2cc(S(=O)(=O)N3CCCC3)ccc2Br)CC(C)O1. The van der Waals surface area contributed by atoms with Gasteiger partial charge in [-0.05, 0) is 67.7 Å². The van der Waals surface area contributed by atoms with Crippen LogP contribution in [-0.4, -0.2) is 74.5 Å². The van der Waals surface area contributed by atoms with Crippen molar-refractivity contribution < 1.29 is 17.9 Å². The molecule has 0 saturated carbocycles. The molecule has 3 rings (SSSR count). The van der Waals surface area contributed by atoms with Gasteiger partial charge < -0.3 is 10.1 Å². The lowest BCUT2D eigenvalue weighted by Crippen LogP contribution is -2.52. The number of hydrogen-bond donors (Lipinski definition) is 1. The van der Waals surface area contributed by atoms with Crippen LogP contribution in [0, 0.1) is 0 Å². The molecule has 29 heavy (non-hydrogen) atoms. The van der Waals surface area contributed by atoms with Crippen molar-refractivity contribution in [2.45, 2.75) is 56.8 Å². The van der Waals surface area contributed by atoms with Crippen LogP contribution in [-0.2, 0) is 14.8 Å². The molecule has 1 aromatic carbocycles. The van der Waals surface area contributed by atoms with Gasteiger partial charge in [0.05, 0.1) is 22.7 Å². The summed E-state index contributed by atoms with van der Waals surface area (Å²) in [6.07, 6.45) is 2.08. The highest BCUT2D eigenvalue weighted by Gasteiger charge is 2.29. The first-order chi connectivity index (χ1) is 13.7. The highest BCUT2D eigenvalue weighted by molar-refractivity contribution is 9.10. The number of nitrogens with one attached hydrogen (secondary N) is 1. The second kappa shape index (κ2) is 9.43. The summed E-state index contributed by atoms with van der Waals surface area (Å²) in [6.45, 7) is 9.39. The molecular weight excluding hydrogens is 458 g/mol. The Kier molecular flexibility index (Phi) is 7.37. The molecule has 0 aromatic heterocycles. The van der Waals surface area contributed by atoms with Gasteiger partial charge in [-0.1, -0.05) is 0 Å². The van der Waals surface area contributed by atoms with Gasteiger partial charge in [0.15, 0.2) is 0 Å². The summed E-state index contributed by atoms with van der Waals surface area (Å²) >= 11 is 3.38. The van der Waals surface area contributed by atoms with E-state index in [-0.39, 0.29) is 29.1 Å². The number of benzene rings is 1. The lowest BCUT2D eigenvalue weighted by atomic mass is 10.1. The zero-order valence-electron chi connectivity index (χ0n) is 17.2. The number of amides is 1. The maximum absolute atomic E-state index is 12.8. The van der Waals surface area contributed by atoms with Gasteiger partial charge >= 0.3 is 0 Å². The summed E-state index contributed by atoms with van der Waals surface area (Å²) in [4.78, 5) is 15.3. The van der Waals surface area contributed by atoms with Gasteiger partial charge in [-0.3, -0.25) is 9.69 Å². The molecule has 2 saturated heterocycles. The van der Waals surface area contributed by atoms with E-state index in [0.717, 1.165) is 25.9 Å². The van der Waals surface area contributed by atoms with Crippen molar-refractivity contribution in [2.75, 3.05) is 32.7 Å². The average Bonchev–Trinajstić information content (AvgIpc) is 3.21. The highest BCUT2D eigenvalue weighted by Crippen LogP contribution is 2.25. The molecule has 9 heteroatoms. The van der Waals surface area contributed by atoms with Crippen molar-refractivity contribution in [3.8, 4) is 0 Å². The lowest BCUT2D eigenvalue weighted by molar-refractivity contribution is -0.0778. The normalized spacial score (nSPS) is 25.1. The molecule has 2 aliphatic rings.